The maximum Gasteiger partial charge on any atom is 0.410 e. The SMILES string of the molecule is CC(C)(C)OC(=O)N1CCC(C(=O)N(Cc2ccc(F)cc2F)C2CC2)CC1. The molecule has 1 aromatic carbocycles. The first kappa shape index (κ1) is 20.6. The smallest absolute Gasteiger partial charge is 0.410 e. The average molecular weight is 394 g/mol. The van der Waals surface area contributed by atoms with Crippen molar-refractivity contribution in [2.24, 2.45) is 5.92 Å². The molecule has 0 unspecified atom stereocenters. The van der Waals surface area contributed by atoms with Gasteiger partial charge in [-0.2, -0.15) is 0 Å². The predicted molar refractivity (Wildman–Crippen MR) is 100 cm³/mol. The molecule has 2 amide bonds. The average Bonchev–Trinajstić information content (AvgIpc) is 3.44. The monoisotopic (exact) mass is 394 g/mol. The van der Waals surface area contributed by atoms with E-state index in [0.29, 0.717) is 31.5 Å². The molecule has 154 valence electrons. The fourth-order valence-electron chi connectivity index (χ4n) is 3.48. The zero-order valence-corrected chi connectivity index (χ0v) is 16.7. The number of carbonyl (C=O) groups excluding carboxylic acids is 2. The Morgan fingerprint density at radius 2 is 1.79 bits per heavy atom. The predicted octanol–water partition coefficient (Wildman–Crippen LogP) is 4.10. The third-order valence-electron chi connectivity index (χ3n) is 5.12. The number of hydrogen-bond acceptors (Lipinski definition) is 3. The van der Waals surface area contributed by atoms with E-state index < -0.39 is 17.2 Å². The summed E-state index contributed by atoms with van der Waals surface area (Å²) in [6.07, 6.45) is 2.59. The van der Waals surface area contributed by atoms with Crippen LogP contribution in [-0.2, 0) is 16.1 Å². The standard InChI is InChI=1S/C21H28F2N2O3/c1-21(2,3)28-20(27)24-10-8-14(9-11-24)19(26)25(17-6-7-17)13-15-4-5-16(22)12-18(15)23/h4-5,12,14,17H,6-11,13H2,1-3H3. The van der Waals surface area contributed by atoms with Crippen molar-refractivity contribution in [2.45, 2.75) is 64.6 Å². The van der Waals surface area contributed by atoms with Crippen LogP contribution in [0.2, 0.25) is 0 Å². The van der Waals surface area contributed by atoms with Crippen molar-refractivity contribution in [2.75, 3.05) is 13.1 Å². The van der Waals surface area contributed by atoms with Crippen LogP contribution in [0.1, 0.15) is 52.0 Å². The fourth-order valence-corrected chi connectivity index (χ4v) is 3.48. The van der Waals surface area contributed by atoms with E-state index in [1.54, 1.807) is 9.80 Å². The molecule has 1 aliphatic heterocycles. The minimum absolute atomic E-state index is 0.00457. The molecule has 0 bridgehead atoms. The van der Waals surface area contributed by atoms with Gasteiger partial charge in [-0.3, -0.25) is 4.79 Å². The van der Waals surface area contributed by atoms with E-state index in [1.165, 1.54) is 12.1 Å². The molecule has 2 fully saturated rings. The Bertz CT molecular complexity index is 736. The lowest BCUT2D eigenvalue weighted by atomic mass is 9.95. The molecular weight excluding hydrogens is 366 g/mol. The van der Waals surface area contributed by atoms with E-state index >= 15 is 0 Å². The van der Waals surface area contributed by atoms with Crippen LogP contribution < -0.4 is 0 Å². The molecule has 1 aromatic rings. The minimum Gasteiger partial charge on any atom is -0.444 e. The molecule has 2 aliphatic rings. The van der Waals surface area contributed by atoms with Crippen molar-refractivity contribution >= 4 is 12.0 Å². The van der Waals surface area contributed by atoms with Gasteiger partial charge in [0.25, 0.3) is 0 Å². The third-order valence-corrected chi connectivity index (χ3v) is 5.12. The van der Waals surface area contributed by atoms with Crippen LogP contribution in [0.4, 0.5) is 13.6 Å². The Labute approximate surface area is 164 Å². The van der Waals surface area contributed by atoms with Gasteiger partial charge in [0.15, 0.2) is 0 Å². The van der Waals surface area contributed by atoms with E-state index in [2.05, 4.69) is 0 Å². The Balaban J connectivity index is 1.60. The lowest BCUT2D eigenvalue weighted by Gasteiger charge is -2.35. The summed E-state index contributed by atoms with van der Waals surface area (Å²) in [5.74, 6) is -1.45. The lowest BCUT2D eigenvalue weighted by molar-refractivity contribution is -0.138. The zero-order valence-electron chi connectivity index (χ0n) is 16.7. The van der Waals surface area contributed by atoms with Crippen molar-refractivity contribution in [3.05, 3.63) is 35.4 Å². The van der Waals surface area contributed by atoms with Crippen LogP contribution in [0.5, 0.6) is 0 Å². The van der Waals surface area contributed by atoms with Gasteiger partial charge < -0.3 is 14.5 Å². The Kier molecular flexibility index (Phi) is 5.91. The van der Waals surface area contributed by atoms with E-state index in [9.17, 15) is 18.4 Å². The highest BCUT2D eigenvalue weighted by molar-refractivity contribution is 5.80. The van der Waals surface area contributed by atoms with Crippen molar-refractivity contribution < 1.29 is 23.1 Å². The summed E-state index contributed by atoms with van der Waals surface area (Å²) in [7, 11) is 0. The largest absolute Gasteiger partial charge is 0.444 e. The van der Waals surface area contributed by atoms with Crippen LogP contribution in [0.15, 0.2) is 18.2 Å². The maximum atomic E-state index is 14.0. The van der Waals surface area contributed by atoms with Crippen molar-refractivity contribution in [1.29, 1.82) is 0 Å². The van der Waals surface area contributed by atoms with E-state index in [4.69, 9.17) is 4.74 Å². The first-order valence-electron chi connectivity index (χ1n) is 9.86. The molecular formula is C21H28F2N2O3. The number of benzene rings is 1. The molecule has 0 aromatic heterocycles. The van der Waals surface area contributed by atoms with Gasteiger partial charge in [0.2, 0.25) is 5.91 Å². The fraction of sp³-hybridized carbons (Fsp3) is 0.619. The molecule has 1 saturated carbocycles. The third kappa shape index (κ3) is 5.20. The Morgan fingerprint density at radius 1 is 1.14 bits per heavy atom. The highest BCUT2D eigenvalue weighted by atomic mass is 19.1. The van der Waals surface area contributed by atoms with Gasteiger partial charge in [-0.05, 0) is 52.5 Å². The molecule has 0 N–H and O–H groups in total. The molecule has 3 rings (SSSR count). The summed E-state index contributed by atoms with van der Waals surface area (Å²) >= 11 is 0. The second kappa shape index (κ2) is 8.05. The summed E-state index contributed by atoms with van der Waals surface area (Å²) in [6, 6.07) is 3.59. The second-order valence-electron chi connectivity index (χ2n) is 8.67. The highest BCUT2D eigenvalue weighted by Crippen LogP contribution is 2.32. The lowest BCUT2D eigenvalue weighted by Crippen LogP contribution is -2.46. The summed E-state index contributed by atoms with van der Waals surface area (Å²) in [4.78, 5) is 28.6. The quantitative estimate of drug-likeness (QED) is 0.772. The van der Waals surface area contributed by atoms with Crippen molar-refractivity contribution in [3.63, 3.8) is 0 Å². The summed E-state index contributed by atoms with van der Waals surface area (Å²) in [5.41, 5.74) is -0.223. The highest BCUT2D eigenvalue weighted by Gasteiger charge is 2.38. The Hall–Kier alpha value is -2.18. The van der Waals surface area contributed by atoms with Crippen molar-refractivity contribution in [3.8, 4) is 0 Å². The van der Waals surface area contributed by atoms with Crippen LogP contribution >= 0.6 is 0 Å². The number of piperidine rings is 1. The van der Waals surface area contributed by atoms with Crippen LogP contribution in [0, 0.1) is 17.6 Å². The number of carbonyl (C=O) groups is 2. The van der Waals surface area contributed by atoms with E-state index in [0.717, 1.165) is 18.9 Å². The molecule has 0 radical (unpaired) electrons. The van der Waals surface area contributed by atoms with Gasteiger partial charge in [-0.15, -0.1) is 0 Å². The Morgan fingerprint density at radius 3 is 2.32 bits per heavy atom. The first-order valence-corrected chi connectivity index (χ1v) is 9.86. The number of ether oxygens (including phenoxy) is 1. The number of likely N-dealkylation sites (tertiary alicyclic amines) is 1. The maximum absolute atomic E-state index is 14.0. The van der Waals surface area contributed by atoms with Gasteiger partial charge in [0.05, 0.1) is 0 Å². The van der Waals surface area contributed by atoms with Gasteiger partial charge in [-0.25, -0.2) is 13.6 Å². The van der Waals surface area contributed by atoms with Gasteiger partial charge in [-0.1, -0.05) is 6.07 Å². The summed E-state index contributed by atoms with van der Waals surface area (Å²) in [6.45, 7) is 6.56. The molecule has 0 spiro atoms. The van der Waals surface area contributed by atoms with Crippen LogP contribution in [0.25, 0.3) is 0 Å². The topological polar surface area (TPSA) is 49.9 Å². The molecule has 1 saturated heterocycles. The molecule has 28 heavy (non-hydrogen) atoms. The molecule has 7 heteroatoms. The number of halogens is 2. The first-order chi connectivity index (χ1) is 13.1. The van der Waals surface area contributed by atoms with Crippen LogP contribution in [0.3, 0.4) is 0 Å². The zero-order chi connectivity index (χ0) is 20.5. The second-order valence-corrected chi connectivity index (χ2v) is 8.67. The number of amides is 2. The van der Waals surface area contributed by atoms with E-state index in [-0.39, 0.29) is 30.5 Å². The minimum atomic E-state index is -0.627. The number of nitrogens with zero attached hydrogens (tertiary/aromatic N) is 2. The number of hydrogen-bond donors (Lipinski definition) is 0. The molecule has 0 atom stereocenters. The van der Waals surface area contributed by atoms with E-state index in [1.807, 2.05) is 20.8 Å². The molecule has 1 heterocycles. The summed E-state index contributed by atoms with van der Waals surface area (Å²) < 4.78 is 32.6. The molecule has 1 aliphatic carbocycles. The van der Waals surface area contributed by atoms with Gasteiger partial charge in [0, 0.05) is 43.2 Å². The normalized spacial score (nSPS) is 18.1. The van der Waals surface area contributed by atoms with Gasteiger partial charge >= 0.3 is 6.09 Å². The van der Waals surface area contributed by atoms with Gasteiger partial charge in [0.1, 0.15) is 17.2 Å². The molecule has 5 nitrogen and oxygen atoms in total. The number of rotatable bonds is 4. The summed E-state index contributed by atoms with van der Waals surface area (Å²) in [5, 5.41) is 0. The van der Waals surface area contributed by atoms with Crippen LogP contribution in [-0.4, -0.2) is 46.5 Å². The van der Waals surface area contributed by atoms with Crippen molar-refractivity contribution in [1.82, 2.24) is 9.80 Å².